The van der Waals surface area contributed by atoms with Gasteiger partial charge in [0.1, 0.15) is 0 Å². The summed E-state index contributed by atoms with van der Waals surface area (Å²) in [6.45, 7) is -1.93. The highest BCUT2D eigenvalue weighted by molar-refractivity contribution is 7.19. The van der Waals surface area contributed by atoms with E-state index in [1.165, 1.54) is 23.7 Å². The van der Waals surface area contributed by atoms with Gasteiger partial charge >= 0.3 is 18.7 Å². The summed E-state index contributed by atoms with van der Waals surface area (Å²) in [5.41, 5.74) is -0.804. The van der Waals surface area contributed by atoms with Gasteiger partial charge in [-0.2, -0.15) is 40.9 Å². The maximum absolute atomic E-state index is 13.8. The van der Waals surface area contributed by atoms with Gasteiger partial charge in [-0.1, -0.05) is 11.6 Å². The van der Waals surface area contributed by atoms with E-state index in [1.54, 1.807) is 13.0 Å². The molecule has 3 aromatic heterocycles. The van der Waals surface area contributed by atoms with Gasteiger partial charge in [0.05, 0.1) is 10.5 Å². The molecule has 0 bridgehead atoms. The lowest BCUT2D eigenvalue weighted by molar-refractivity contribution is -0.291. The zero-order valence-electron chi connectivity index (χ0n) is 14.4. The normalized spacial score (nSPS) is 12.8. The SMILES string of the molecule is Cc1cc(-c2cnn(-c3c(OC(F)F)c(C(F)(F)C(F)(F)F)nn3C)c2)sc1Cl. The number of aromatic nitrogens is 4. The van der Waals surface area contributed by atoms with Crippen LogP contribution in [0.1, 0.15) is 11.3 Å². The van der Waals surface area contributed by atoms with Gasteiger partial charge in [-0.3, -0.25) is 0 Å². The van der Waals surface area contributed by atoms with Crippen molar-refractivity contribution in [2.45, 2.75) is 25.6 Å². The van der Waals surface area contributed by atoms with E-state index in [0.717, 1.165) is 17.3 Å². The number of aryl methyl sites for hydroxylation is 2. The smallest absolute Gasteiger partial charge is 0.428 e. The Labute approximate surface area is 167 Å². The van der Waals surface area contributed by atoms with E-state index in [1.807, 2.05) is 0 Å². The summed E-state index contributed by atoms with van der Waals surface area (Å²) < 4.78 is 97.4. The molecule has 0 fully saturated rings. The Bertz CT molecular complexity index is 1020. The summed E-state index contributed by atoms with van der Waals surface area (Å²) in [7, 11) is 0.997. The van der Waals surface area contributed by atoms with Crippen molar-refractivity contribution >= 4 is 22.9 Å². The van der Waals surface area contributed by atoms with Crippen LogP contribution in [0.25, 0.3) is 16.3 Å². The Morgan fingerprint density at radius 2 is 1.86 bits per heavy atom. The molecular formula is C15H10ClF7N4OS. The number of ether oxygens (including phenoxy) is 1. The maximum atomic E-state index is 13.8. The molecule has 0 aliphatic heterocycles. The summed E-state index contributed by atoms with van der Waals surface area (Å²) in [6.07, 6.45) is -3.56. The molecule has 0 aliphatic carbocycles. The molecule has 29 heavy (non-hydrogen) atoms. The van der Waals surface area contributed by atoms with Crippen molar-refractivity contribution in [3.63, 3.8) is 0 Å². The fourth-order valence-corrected chi connectivity index (χ4v) is 3.63. The van der Waals surface area contributed by atoms with Crippen LogP contribution >= 0.6 is 22.9 Å². The number of thiophene rings is 1. The molecule has 3 heterocycles. The molecule has 0 aliphatic rings. The van der Waals surface area contributed by atoms with Gasteiger partial charge in [-0.25, -0.2) is 9.36 Å². The van der Waals surface area contributed by atoms with Gasteiger partial charge in [0, 0.05) is 23.7 Å². The third-order valence-electron chi connectivity index (χ3n) is 3.78. The van der Waals surface area contributed by atoms with E-state index in [-0.39, 0.29) is 0 Å². The zero-order chi connectivity index (χ0) is 21.7. The van der Waals surface area contributed by atoms with E-state index in [2.05, 4.69) is 14.9 Å². The van der Waals surface area contributed by atoms with Crippen molar-refractivity contribution in [1.82, 2.24) is 19.6 Å². The van der Waals surface area contributed by atoms with Crippen molar-refractivity contribution in [3.05, 3.63) is 34.1 Å². The fraction of sp³-hybridized carbons (Fsp3) is 0.333. The minimum Gasteiger partial charge on any atom is -0.428 e. The minimum atomic E-state index is -6.07. The van der Waals surface area contributed by atoms with Crippen LogP contribution in [0.2, 0.25) is 4.34 Å². The van der Waals surface area contributed by atoms with Crippen LogP contribution in [0.4, 0.5) is 30.7 Å². The second-order valence-corrected chi connectivity index (χ2v) is 7.47. The summed E-state index contributed by atoms with van der Waals surface area (Å²) >= 11 is 7.17. The van der Waals surface area contributed by atoms with Crippen LogP contribution in [-0.2, 0) is 13.0 Å². The molecule has 0 aromatic carbocycles. The Balaban J connectivity index is 2.15. The number of nitrogens with zero attached hydrogens (tertiary/aromatic N) is 4. The van der Waals surface area contributed by atoms with E-state index in [9.17, 15) is 30.7 Å². The zero-order valence-corrected chi connectivity index (χ0v) is 16.0. The van der Waals surface area contributed by atoms with Gasteiger partial charge < -0.3 is 4.74 Å². The highest BCUT2D eigenvalue weighted by Crippen LogP contribution is 2.48. The maximum Gasteiger partial charge on any atom is 0.459 e. The lowest BCUT2D eigenvalue weighted by Crippen LogP contribution is -2.34. The Kier molecular flexibility index (Phi) is 5.32. The Morgan fingerprint density at radius 1 is 1.21 bits per heavy atom. The molecule has 0 saturated carbocycles. The van der Waals surface area contributed by atoms with Crippen LogP contribution < -0.4 is 4.74 Å². The van der Waals surface area contributed by atoms with E-state index < -0.39 is 36.0 Å². The monoisotopic (exact) mass is 462 g/mol. The topological polar surface area (TPSA) is 44.9 Å². The second-order valence-electron chi connectivity index (χ2n) is 5.82. The predicted molar refractivity (Wildman–Crippen MR) is 90.0 cm³/mol. The predicted octanol–water partition coefficient (Wildman–Crippen LogP) is 5.55. The molecule has 0 radical (unpaired) electrons. The first-order chi connectivity index (χ1) is 13.3. The molecule has 0 atom stereocenters. The van der Waals surface area contributed by atoms with E-state index >= 15 is 0 Å². The molecule has 0 saturated heterocycles. The van der Waals surface area contributed by atoms with Gasteiger partial charge in [0.2, 0.25) is 0 Å². The summed E-state index contributed by atoms with van der Waals surface area (Å²) in [5.74, 6) is -7.59. The average molecular weight is 463 g/mol. The highest BCUT2D eigenvalue weighted by Gasteiger charge is 2.62. The first-order valence-electron chi connectivity index (χ1n) is 7.61. The van der Waals surface area contributed by atoms with Crippen molar-refractivity contribution in [1.29, 1.82) is 0 Å². The molecule has 5 nitrogen and oxygen atoms in total. The van der Waals surface area contributed by atoms with Crippen LogP contribution in [-0.4, -0.2) is 32.3 Å². The molecule has 0 spiro atoms. The molecule has 0 amide bonds. The summed E-state index contributed by atoms with van der Waals surface area (Å²) in [5, 5.41) is 6.94. The minimum absolute atomic E-state index is 0.429. The van der Waals surface area contributed by atoms with Crippen LogP contribution in [0.3, 0.4) is 0 Å². The van der Waals surface area contributed by atoms with Crippen molar-refractivity contribution in [2.24, 2.45) is 7.05 Å². The largest absolute Gasteiger partial charge is 0.459 e. The molecular weight excluding hydrogens is 453 g/mol. The molecule has 3 aromatic rings. The summed E-state index contributed by atoms with van der Waals surface area (Å²) in [6, 6.07) is 1.71. The number of hydrogen-bond donors (Lipinski definition) is 0. The van der Waals surface area contributed by atoms with Crippen LogP contribution in [0, 0.1) is 6.92 Å². The molecule has 0 N–H and O–H groups in total. The van der Waals surface area contributed by atoms with E-state index in [4.69, 9.17) is 11.6 Å². The molecule has 0 unspecified atom stereocenters. The Morgan fingerprint density at radius 3 is 2.38 bits per heavy atom. The van der Waals surface area contributed by atoms with Crippen molar-refractivity contribution in [2.75, 3.05) is 0 Å². The number of hydrogen-bond acceptors (Lipinski definition) is 4. The lowest BCUT2D eigenvalue weighted by atomic mass is 10.2. The van der Waals surface area contributed by atoms with Crippen molar-refractivity contribution in [3.8, 4) is 22.0 Å². The lowest BCUT2D eigenvalue weighted by Gasteiger charge is -2.18. The Hall–Kier alpha value is -2.28. The number of halogens is 8. The van der Waals surface area contributed by atoms with Gasteiger partial charge in [0.15, 0.2) is 17.3 Å². The first-order valence-corrected chi connectivity index (χ1v) is 8.80. The molecule has 158 valence electrons. The second kappa shape index (κ2) is 7.20. The van der Waals surface area contributed by atoms with Crippen LogP contribution in [0.5, 0.6) is 5.75 Å². The third-order valence-corrected chi connectivity index (χ3v) is 5.38. The van der Waals surface area contributed by atoms with Crippen molar-refractivity contribution < 1.29 is 35.5 Å². The molecule has 3 rings (SSSR count). The van der Waals surface area contributed by atoms with Gasteiger partial charge in [-0.05, 0) is 18.6 Å². The standard InChI is InChI=1S/C15H10ClF7N4OS/c1-6-3-8(29-11(6)16)7-4-24-27(5-7)12-9(28-13(17)18)10(25-26(12)2)14(19,20)15(21,22)23/h3-5,13H,1-2H3. The van der Waals surface area contributed by atoms with Gasteiger partial charge in [-0.15, -0.1) is 11.3 Å². The first kappa shape index (κ1) is 21.4. The third kappa shape index (κ3) is 3.80. The van der Waals surface area contributed by atoms with Gasteiger partial charge in [0.25, 0.3) is 0 Å². The fourth-order valence-electron chi connectivity index (χ4n) is 2.45. The number of alkyl halides is 7. The quantitative estimate of drug-likeness (QED) is 0.467. The summed E-state index contributed by atoms with van der Waals surface area (Å²) in [4.78, 5) is 0.623. The van der Waals surface area contributed by atoms with E-state index in [0.29, 0.717) is 19.5 Å². The average Bonchev–Trinajstić information content (AvgIpc) is 3.25. The van der Waals surface area contributed by atoms with Crippen LogP contribution in [0.15, 0.2) is 18.5 Å². The molecule has 14 heteroatoms. The highest BCUT2D eigenvalue weighted by atomic mass is 35.5. The number of rotatable bonds is 5.